The first kappa shape index (κ1) is 14.5. The number of hydrogen-bond donors (Lipinski definition) is 4. The third kappa shape index (κ3) is 4.34. The van der Waals surface area contributed by atoms with Crippen LogP contribution in [0.4, 0.5) is 10.5 Å². The molecule has 0 aliphatic heterocycles. The molecule has 0 aromatic heterocycles. The third-order valence-corrected chi connectivity index (χ3v) is 2.77. The van der Waals surface area contributed by atoms with Gasteiger partial charge in [0.1, 0.15) is 0 Å². The monoisotopic (exact) mass is 316 g/mol. The van der Waals surface area contributed by atoms with Gasteiger partial charge in [0.05, 0.1) is 12.2 Å². The van der Waals surface area contributed by atoms with Gasteiger partial charge in [-0.15, -0.1) is 0 Å². The number of amides is 2. The van der Waals surface area contributed by atoms with Crippen molar-refractivity contribution in [2.24, 2.45) is 0 Å². The molecular formula is C11H13BrN2O4. The molecule has 0 spiro atoms. The highest BCUT2D eigenvalue weighted by atomic mass is 79.9. The maximum absolute atomic E-state index is 11.4. The zero-order valence-electron chi connectivity index (χ0n) is 9.61. The predicted octanol–water partition coefficient (Wildman–Crippen LogP) is 1.32. The topological polar surface area (TPSA) is 98.7 Å². The van der Waals surface area contributed by atoms with E-state index in [0.29, 0.717) is 5.69 Å². The van der Waals surface area contributed by atoms with Crippen molar-refractivity contribution >= 4 is 33.6 Å². The van der Waals surface area contributed by atoms with E-state index in [1.807, 2.05) is 19.1 Å². The van der Waals surface area contributed by atoms with Crippen molar-refractivity contribution in [3.63, 3.8) is 0 Å². The summed E-state index contributed by atoms with van der Waals surface area (Å²) in [7, 11) is 0. The molecule has 0 radical (unpaired) electrons. The lowest BCUT2D eigenvalue weighted by atomic mass is 10.2. The van der Waals surface area contributed by atoms with Crippen LogP contribution in [0.15, 0.2) is 22.7 Å². The van der Waals surface area contributed by atoms with E-state index >= 15 is 0 Å². The molecular weight excluding hydrogens is 304 g/mol. The lowest BCUT2D eigenvalue weighted by Crippen LogP contribution is -2.38. The van der Waals surface area contributed by atoms with Crippen molar-refractivity contribution in [1.82, 2.24) is 5.32 Å². The standard InChI is InChI=1S/C11H13BrN2O4/c1-6-2-3-8(7(12)4-6)14-11(18)13-5-9(15)10(16)17/h2-4,9,15H,5H2,1H3,(H,16,17)(H2,13,14,18)/t9-/m0/s1. The van der Waals surface area contributed by atoms with Crippen LogP contribution in [-0.2, 0) is 4.79 Å². The number of carbonyl (C=O) groups is 2. The highest BCUT2D eigenvalue weighted by Crippen LogP contribution is 2.23. The summed E-state index contributed by atoms with van der Waals surface area (Å²) in [5.41, 5.74) is 1.59. The van der Waals surface area contributed by atoms with Crippen molar-refractivity contribution in [3.8, 4) is 0 Å². The molecule has 0 unspecified atom stereocenters. The van der Waals surface area contributed by atoms with Crippen LogP contribution in [0.3, 0.4) is 0 Å². The van der Waals surface area contributed by atoms with Crippen LogP contribution >= 0.6 is 15.9 Å². The second-order valence-corrected chi connectivity index (χ2v) is 4.53. The summed E-state index contributed by atoms with van der Waals surface area (Å²) in [6.07, 6.45) is -1.61. The van der Waals surface area contributed by atoms with E-state index in [9.17, 15) is 9.59 Å². The number of aliphatic carboxylic acids is 1. The van der Waals surface area contributed by atoms with Crippen molar-refractivity contribution in [3.05, 3.63) is 28.2 Å². The fraction of sp³-hybridized carbons (Fsp3) is 0.273. The molecule has 0 saturated carbocycles. The Kier molecular flexibility index (Phi) is 5.11. The number of hydrogen-bond acceptors (Lipinski definition) is 3. The van der Waals surface area contributed by atoms with Gasteiger partial charge < -0.3 is 20.8 Å². The van der Waals surface area contributed by atoms with Crippen LogP contribution in [0.1, 0.15) is 5.56 Å². The summed E-state index contributed by atoms with van der Waals surface area (Å²) in [4.78, 5) is 21.8. The van der Waals surface area contributed by atoms with Crippen molar-refractivity contribution < 1.29 is 19.8 Å². The predicted molar refractivity (Wildman–Crippen MR) is 69.5 cm³/mol. The number of carbonyl (C=O) groups excluding carboxylic acids is 1. The quantitative estimate of drug-likeness (QED) is 0.673. The van der Waals surface area contributed by atoms with Gasteiger partial charge in [0.15, 0.2) is 6.10 Å². The molecule has 0 heterocycles. The number of benzene rings is 1. The minimum Gasteiger partial charge on any atom is -0.479 e. The van der Waals surface area contributed by atoms with Crippen LogP contribution in [-0.4, -0.2) is 34.9 Å². The van der Waals surface area contributed by atoms with Crippen LogP contribution < -0.4 is 10.6 Å². The van der Waals surface area contributed by atoms with Crippen LogP contribution in [0.2, 0.25) is 0 Å². The molecule has 98 valence electrons. The Morgan fingerprint density at radius 3 is 2.67 bits per heavy atom. The highest BCUT2D eigenvalue weighted by molar-refractivity contribution is 9.10. The van der Waals surface area contributed by atoms with Gasteiger partial charge in [-0.25, -0.2) is 9.59 Å². The summed E-state index contributed by atoms with van der Waals surface area (Å²) in [6.45, 7) is 1.56. The van der Waals surface area contributed by atoms with Crippen LogP contribution in [0, 0.1) is 6.92 Å². The Hall–Kier alpha value is -1.60. The van der Waals surface area contributed by atoms with Gasteiger partial charge in [0.2, 0.25) is 0 Å². The molecule has 1 aromatic carbocycles. The van der Waals surface area contributed by atoms with E-state index in [2.05, 4.69) is 26.6 Å². The number of nitrogens with one attached hydrogen (secondary N) is 2. The number of aliphatic hydroxyl groups is 1. The maximum Gasteiger partial charge on any atom is 0.334 e. The Morgan fingerprint density at radius 2 is 2.11 bits per heavy atom. The number of aryl methyl sites for hydroxylation is 1. The van der Waals surface area contributed by atoms with E-state index in [1.54, 1.807) is 6.07 Å². The molecule has 1 aromatic rings. The second kappa shape index (κ2) is 6.36. The molecule has 0 saturated heterocycles. The molecule has 0 bridgehead atoms. The molecule has 2 amide bonds. The molecule has 0 fully saturated rings. The summed E-state index contributed by atoms with van der Waals surface area (Å²) in [5, 5.41) is 22.2. The average Bonchev–Trinajstić information content (AvgIpc) is 2.29. The summed E-state index contributed by atoms with van der Waals surface area (Å²) in [5.74, 6) is -1.38. The highest BCUT2D eigenvalue weighted by Gasteiger charge is 2.14. The van der Waals surface area contributed by atoms with Gasteiger partial charge in [0.25, 0.3) is 0 Å². The van der Waals surface area contributed by atoms with Crippen LogP contribution in [0.25, 0.3) is 0 Å². The fourth-order valence-corrected chi connectivity index (χ4v) is 1.76. The Morgan fingerprint density at radius 1 is 1.44 bits per heavy atom. The van der Waals surface area contributed by atoms with Gasteiger partial charge in [-0.3, -0.25) is 0 Å². The first-order chi connectivity index (χ1) is 8.40. The van der Waals surface area contributed by atoms with E-state index in [4.69, 9.17) is 10.2 Å². The largest absolute Gasteiger partial charge is 0.479 e. The lowest BCUT2D eigenvalue weighted by molar-refractivity contribution is -0.146. The Balaban J connectivity index is 2.52. The fourth-order valence-electron chi connectivity index (χ4n) is 1.16. The van der Waals surface area contributed by atoms with E-state index in [-0.39, 0.29) is 6.54 Å². The third-order valence-electron chi connectivity index (χ3n) is 2.11. The smallest absolute Gasteiger partial charge is 0.334 e. The number of aliphatic hydroxyl groups excluding tert-OH is 1. The zero-order valence-corrected chi connectivity index (χ0v) is 11.2. The van der Waals surface area contributed by atoms with Gasteiger partial charge in [-0.2, -0.15) is 0 Å². The van der Waals surface area contributed by atoms with Gasteiger partial charge >= 0.3 is 12.0 Å². The van der Waals surface area contributed by atoms with E-state index in [0.717, 1.165) is 10.0 Å². The second-order valence-electron chi connectivity index (χ2n) is 3.67. The molecule has 0 aliphatic carbocycles. The molecule has 7 heteroatoms. The summed E-state index contributed by atoms with van der Waals surface area (Å²) in [6, 6.07) is 4.79. The zero-order chi connectivity index (χ0) is 13.7. The minimum absolute atomic E-state index is 0.357. The van der Waals surface area contributed by atoms with Crippen molar-refractivity contribution in [2.75, 3.05) is 11.9 Å². The van der Waals surface area contributed by atoms with Gasteiger partial charge in [-0.1, -0.05) is 6.07 Å². The van der Waals surface area contributed by atoms with Gasteiger partial charge in [-0.05, 0) is 40.5 Å². The van der Waals surface area contributed by atoms with E-state index in [1.165, 1.54) is 0 Å². The number of carboxylic acid groups (broad SMARTS) is 1. The normalized spacial score (nSPS) is 11.7. The van der Waals surface area contributed by atoms with Crippen molar-refractivity contribution in [1.29, 1.82) is 0 Å². The summed E-state index contributed by atoms with van der Waals surface area (Å²) >= 11 is 3.29. The van der Waals surface area contributed by atoms with E-state index < -0.39 is 18.1 Å². The van der Waals surface area contributed by atoms with Gasteiger partial charge in [0, 0.05) is 4.47 Å². The number of anilines is 1. The molecule has 1 atom stereocenters. The first-order valence-corrected chi connectivity index (χ1v) is 5.91. The average molecular weight is 317 g/mol. The number of carboxylic acids is 1. The Bertz CT molecular complexity index is 464. The SMILES string of the molecule is Cc1ccc(NC(=O)NC[C@H](O)C(=O)O)c(Br)c1. The van der Waals surface area contributed by atoms with Crippen molar-refractivity contribution in [2.45, 2.75) is 13.0 Å². The molecule has 6 nitrogen and oxygen atoms in total. The number of halogens is 1. The molecule has 4 N–H and O–H groups in total. The Labute approximate surface area is 112 Å². The number of urea groups is 1. The van der Waals surface area contributed by atoms with Crippen LogP contribution in [0.5, 0.6) is 0 Å². The minimum atomic E-state index is -1.61. The maximum atomic E-state index is 11.4. The molecule has 1 rings (SSSR count). The lowest BCUT2D eigenvalue weighted by Gasteiger charge is -2.10. The molecule has 0 aliphatic rings. The summed E-state index contributed by atoms with van der Waals surface area (Å²) < 4.78 is 0.719. The number of rotatable bonds is 4. The molecule has 18 heavy (non-hydrogen) atoms. The first-order valence-electron chi connectivity index (χ1n) is 5.12.